The molecule has 0 aliphatic heterocycles. The molecule has 5 atom stereocenters. The van der Waals surface area contributed by atoms with Gasteiger partial charge in [-0.15, -0.1) is 0 Å². The minimum absolute atomic E-state index is 0.137. The Balaban J connectivity index is 2.18. The third kappa shape index (κ3) is 6.40. The summed E-state index contributed by atoms with van der Waals surface area (Å²) in [4.78, 5) is 48.4. The van der Waals surface area contributed by atoms with Crippen LogP contribution in [0.4, 0.5) is 0 Å². The number of aldehydes is 1. The Labute approximate surface area is 196 Å². The predicted molar refractivity (Wildman–Crippen MR) is 126 cm³/mol. The number of carbonyl (C=O) groups excluding carboxylic acids is 3. The molecule has 180 valence electrons. The van der Waals surface area contributed by atoms with E-state index < -0.39 is 35.3 Å². The topological polar surface area (TPSA) is 97.7 Å². The van der Waals surface area contributed by atoms with Crippen LogP contribution < -0.4 is 0 Å². The van der Waals surface area contributed by atoms with Crippen molar-refractivity contribution >= 4 is 24.0 Å². The summed E-state index contributed by atoms with van der Waals surface area (Å²) >= 11 is 0. The molecule has 6 nitrogen and oxygen atoms in total. The number of carboxylic acid groups (broad SMARTS) is 1. The molecule has 0 aromatic heterocycles. The fourth-order valence-electron chi connectivity index (χ4n) is 4.82. The van der Waals surface area contributed by atoms with E-state index in [2.05, 4.69) is 26.5 Å². The van der Waals surface area contributed by atoms with Crippen molar-refractivity contribution in [2.75, 3.05) is 0 Å². The molecular formula is C27H36O6. The number of allylic oxidation sites excluding steroid dienone is 5. The lowest BCUT2D eigenvalue weighted by molar-refractivity contribution is -0.152. The number of carboxylic acids is 1. The van der Waals surface area contributed by atoms with Gasteiger partial charge in [-0.05, 0) is 62.2 Å². The van der Waals surface area contributed by atoms with E-state index in [-0.39, 0.29) is 17.8 Å². The van der Waals surface area contributed by atoms with Gasteiger partial charge in [0.1, 0.15) is 12.4 Å². The zero-order valence-electron chi connectivity index (χ0n) is 20.1. The molecule has 0 radical (unpaired) electrons. The van der Waals surface area contributed by atoms with Crippen molar-refractivity contribution in [3.05, 3.63) is 47.6 Å². The highest BCUT2D eigenvalue weighted by Gasteiger charge is 2.53. The number of esters is 1. The first-order chi connectivity index (χ1) is 15.5. The summed E-state index contributed by atoms with van der Waals surface area (Å²) in [6.45, 7) is 11.7. The molecule has 1 saturated carbocycles. The first-order valence-electron chi connectivity index (χ1n) is 11.7. The maximum absolute atomic E-state index is 12.7. The molecule has 0 aromatic rings. The van der Waals surface area contributed by atoms with Crippen molar-refractivity contribution in [2.45, 2.75) is 72.3 Å². The third-order valence-electron chi connectivity index (χ3n) is 7.22. The largest absolute Gasteiger partial charge is 0.481 e. The highest BCUT2D eigenvalue weighted by atomic mass is 16.5. The molecule has 5 unspecified atom stereocenters. The summed E-state index contributed by atoms with van der Waals surface area (Å²) in [5.74, 6) is -2.62. The number of ether oxygens (including phenoxy) is 1. The Morgan fingerprint density at radius 2 is 2.03 bits per heavy atom. The van der Waals surface area contributed by atoms with Crippen molar-refractivity contribution in [1.82, 2.24) is 0 Å². The minimum atomic E-state index is -0.962. The Bertz CT molecular complexity index is 892. The summed E-state index contributed by atoms with van der Waals surface area (Å²) in [6.07, 6.45) is 10.4. The number of rotatable bonds is 10. The first kappa shape index (κ1) is 26.5. The van der Waals surface area contributed by atoms with Crippen LogP contribution in [0.5, 0.6) is 0 Å². The summed E-state index contributed by atoms with van der Waals surface area (Å²) in [7, 11) is 0. The van der Waals surface area contributed by atoms with Crippen LogP contribution in [0.1, 0.15) is 66.2 Å². The third-order valence-corrected chi connectivity index (χ3v) is 7.22. The fourth-order valence-corrected chi connectivity index (χ4v) is 4.82. The number of carbonyl (C=O) groups is 4. The second kappa shape index (κ2) is 11.4. The predicted octanol–water partition coefficient (Wildman–Crippen LogP) is 5.00. The lowest BCUT2D eigenvalue weighted by Gasteiger charge is -2.48. The van der Waals surface area contributed by atoms with Gasteiger partial charge in [0.05, 0.1) is 11.8 Å². The van der Waals surface area contributed by atoms with Gasteiger partial charge in [-0.25, -0.2) is 4.79 Å². The van der Waals surface area contributed by atoms with Crippen LogP contribution in [0.25, 0.3) is 0 Å². The fraction of sp³-hybridized carbons (Fsp3) is 0.556. The molecule has 6 heteroatoms. The Morgan fingerprint density at radius 1 is 1.33 bits per heavy atom. The summed E-state index contributed by atoms with van der Waals surface area (Å²) in [5.41, 5.74) is 0.716. The first-order valence-corrected chi connectivity index (χ1v) is 11.7. The standard InChI is InChI=1S/C27H36O6/c1-6-17(2)8-7-9-18(3)10-13-25(30)33-24-12-11-21(26(31)32)27(5)15-20(19(4)16-28)23(29)14-22(24)27/h9-10,13-14,16-17,20-21,24H,4,6-8,11-12,15H2,1-3,5H3,(H,31,32). The molecule has 0 saturated heterocycles. The van der Waals surface area contributed by atoms with Crippen molar-refractivity contribution in [1.29, 1.82) is 0 Å². The van der Waals surface area contributed by atoms with E-state index in [1.807, 2.05) is 6.92 Å². The average Bonchev–Trinajstić information content (AvgIpc) is 2.77. The van der Waals surface area contributed by atoms with Gasteiger partial charge in [0.2, 0.25) is 0 Å². The van der Waals surface area contributed by atoms with Gasteiger partial charge in [-0.2, -0.15) is 0 Å². The molecule has 2 aliphatic carbocycles. The maximum atomic E-state index is 12.7. The molecule has 0 bridgehead atoms. The van der Waals surface area contributed by atoms with Gasteiger partial charge in [0.25, 0.3) is 0 Å². The summed E-state index contributed by atoms with van der Waals surface area (Å²) in [5, 5.41) is 9.80. The van der Waals surface area contributed by atoms with Gasteiger partial charge in [-0.3, -0.25) is 14.4 Å². The van der Waals surface area contributed by atoms with E-state index >= 15 is 0 Å². The summed E-state index contributed by atoms with van der Waals surface area (Å²) in [6, 6.07) is 0. The second-order valence-electron chi connectivity index (χ2n) is 9.63. The lowest BCUT2D eigenvalue weighted by Crippen LogP contribution is -2.49. The minimum Gasteiger partial charge on any atom is -0.481 e. The highest BCUT2D eigenvalue weighted by Crippen LogP contribution is 2.53. The Morgan fingerprint density at radius 3 is 2.64 bits per heavy atom. The van der Waals surface area contributed by atoms with Gasteiger partial charge in [-0.1, -0.05) is 51.5 Å². The van der Waals surface area contributed by atoms with E-state index in [4.69, 9.17) is 4.74 Å². The maximum Gasteiger partial charge on any atom is 0.331 e. The summed E-state index contributed by atoms with van der Waals surface area (Å²) < 4.78 is 5.68. The van der Waals surface area contributed by atoms with Crippen LogP contribution in [-0.2, 0) is 23.9 Å². The normalized spacial score (nSPS) is 28.6. The van der Waals surface area contributed by atoms with Gasteiger partial charge in [0.15, 0.2) is 5.78 Å². The number of ketones is 1. The molecule has 1 N–H and O–H groups in total. The number of hydrogen-bond acceptors (Lipinski definition) is 5. The average molecular weight is 457 g/mol. The molecule has 0 amide bonds. The number of fused-ring (bicyclic) bond motifs is 1. The van der Waals surface area contributed by atoms with E-state index in [1.54, 1.807) is 13.0 Å². The van der Waals surface area contributed by atoms with E-state index in [9.17, 15) is 24.3 Å². The second-order valence-corrected chi connectivity index (χ2v) is 9.63. The van der Waals surface area contributed by atoms with Crippen LogP contribution >= 0.6 is 0 Å². The van der Waals surface area contributed by atoms with Gasteiger partial charge in [0, 0.05) is 11.5 Å². The van der Waals surface area contributed by atoms with Crippen molar-refractivity contribution < 1.29 is 29.0 Å². The zero-order chi connectivity index (χ0) is 24.8. The molecule has 33 heavy (non-hydrogen) atoms. The molecule has 0 heterocycles. The van der Waals surface area contributed by atoms with Crippen molar-refractivity contribution in [3.8, 4) is 0 Å². The smallest absolute Gasteiger partial charge is 0.331 e. The van der Waals surface area contributed by atoms with E-state index in [1.165, 1.54) is 12.2 Å². The van der Waals surface area contributed by atoms with Crippen molar-refractivity contribution in [3.63, 3.8) is 0 Å². The van der Waals surface area contributed by atoms with Crippen LogP contribution in [-0.4, -0.2) is 35.2 Å². The van der Waals surface area contributed by atoms with Crippen molar-refractivity contribution in [2.24, 2.45) is 23.2 Å². The monoisotopic (exact) mass is 456 g/mol. The highest BCUT2D eigenvalue weighted by molar-refractivity contribution is 6.00. The number of aliphatic carboxylic acids is 1. The van der Waals surface area contributed by atoms with Gasteiger partial charge < -0.3 is 9.84 Å². The molecule has 0 spiro atoms. The molecular weight excluding hydrogens is 420 g/mol. The lowest BCUT2D eigenvalue weighted by atomic mass is 9.56. The Hall–Kier alpha value is -2.76. The van der Waals surface area contributed by atoms with Crippen LogP contribution in [0.2, 0.25) is 0 Å². The molecule has 1 fully saturated rings. The van der Waals surface area contributed by atoms with E-state index in [0.29, 0.717) is 30.6 Å². The molecule has 2 aliphatic rings. The van der Waals surface area contributed by atoms with Crippen LogP contribution in [0.15, 0.2) is 47.6 Å². The molecule has 2 rings (SSSR count). The quantitative estimate of drug-likeness (QED) is 0.215. The number of hydrogen-bond donors (Lipinski definition) is 1. The van der Waals surface area contributed by atoms with Crippen LogP contribution in [0.3, 0.4) is 0 Å². The zero-order valence-corrected chi connectivity index (χ0v) is 20.1. The SMILES string of the molecule is C=C(C=O)C1CC2(C)C(=CC1=O)C(OC(=O)C=CC(C)=CCCC(C)CC)CCC2C(=O)O. The van der Waals surface area contributed by atoms with E-state index in [0.717, 1.165) is 24.8 Å². The Kier molecular flexibility index (Phi) is 9.15. The van der Waals surface area contributed by atoms with Gasteiger partial charge >= 0.3 is 11.9 Å². The van der Waals surface area contributed by atoms with Crippen LogP contribution in [0, 0.1) is 23.2 Å². The molecule has 0 aromatic carbocycles.